The molecule has 34 heavy (non-hydrogen) atoms. The van der Waals surface area contributed by atoms with E-state index in [-0.39, 0.29) is 42.6 Å². The summed E-state index contributed by atoms with van der Waals surface area (Å²) in [6.45, 7) is 0.878. The lowest BCUT2D eigenvalue weighted by molar-refractivity contribution is 0.00821. The summed E-state index contributed by atoms with van der Waals surface area (Å²) < 4.78 is 5.54. The summed E-state index contributed by atoms with van der Waals surface area (Å²) in [4.78, 5) is 27.8. The van der Waals surface area contributed by atoms with Crippen molar-refractivity contribution in [3.63, 3.8) is 0 Å². The molecule has 180 valence electrons. The van der Waals surface area contributed by atoms with Crippen LogP contribution >= 0.6 is 0 Å². The van der Waals surface area contributed by atoms with Gasteiger partial charge in [0.2, 0.25) is 0 Å². The molecular formula is C27H33N3O4. The SMILES string of the molecule is COC1CC2CCC(C1)N2C(=O)c1ccc(C(=O)NC[C@@H](O)[C@@H]2Cc3ccccc3CN2)cc1. The molecule has 5 rings (SSSR count). The third-order valence-corrected chi connectivity index (χ3v) is 7.70. The first kappa shape index (κ1) is 23.0. The van der Waals surface area contributed by atoms with Crippen LogP contribution in [0.1, 0.15) is 57.5 Å². The number of rotatable bonds is 6. The summed E-state index contributed by atoms with van der Waals surface area (Å²) in [5, 5.41) is 16.8. The highest BCUT2D eigenvalue weighted by molar-refractivity contribution is 5.98. The molecule has 3 aliphatic heterocycles. The quantitative estimate of drug-likeness (QED) is 0.612. The van der Waals surface area contributed by atoms with Gasteiger partial charge in [0, 0.05) is 49.5 Å². The van der Waals surface area contributed by atoms with Crippen molar-refractivity contribution in [2.75, 3.05) is 13.7 Å². The van der Waals surface area contributed by atoms with Crippen molar-refractivity contribution in [3.05, 3.63) is 70.8 Å². The first-order valence-corrected chi connectivity index (χ1v) is 12.3. The predicted octanol–water partition coefficient (Wildman–Crippen LogP) is 2.27. The van der Waals surface area contributed by atoms with Gasteiger partial charge in [0.15, 0.2) is 0 Å². The molecule has 2 fully saturated rings. The van der Waals surface area contributed by atoms with E-state index in [1.807, 2.05) is 17.0 Å². The zero-order valence-electron chi connectivity index (χ0n) is 19.6. The minimum Gasteiger partial charge on any atom is -0.390 e. The first-order chi connectivity index (χ1) is 16.5. The number of ether oxygens (including phenoxy) is 1. The fourth-order valence-corrected chi connectivity index (χ4v) is 5.76. The van der Waals surface area contributed by atoms with E-state index in [1.165, 1.54) is 11.1 Å². The summed E-state index contributed by atoms with van der Waals surface area (Å²) in [6.07, 6.45) is 4.12. The number of amides is 2. The zero-order chi connectivity index (χ0) is 23.7. The summed E-state index contributed by atoms with van der Waals surface area (Å²) in [7, 11) is 1.75. The normalized spacial score (nSPS) is 26.6. The Hall–Kier alpha value is -2.74. The number of hydrogen-bond donors (Lipinski definition) is 3. The monoisotopic (exact) mass is 463 g/mol. The molecule has 0 spiro atoms. The fraction of sp³-hybridized carbons (Fsp3) is 0.481. The van der Waals surface area contributed by atoms with Crippen LogP contribution in [0.3, 0.4) is 0 Å². The van der Waals surface area contributed by atoms with Crippen molar-refractivity contribution >= 4 is 11.8 Å². The summed E-state index contributed by atoms with van der Waals surface area (Å²) in [6, 6.07) is 15.4. The minimum absolute atomic E-state index is 0.0353. The van der Waals surface area contributed by atoms with Gasteiger partial charge in [-0.1, -0.05) is 24.3 Å². The molecule has 2 amide bonds. The molecule has 2 aromatic carbocycles. The molecule has 2 unspecified atom stereocenters. The van der Waals surface area contributed by atoms with Crippen molar-refractivity contribution in [1.29, 1.82) is 0 Å². The Morgan fingerprint density at radius 1 is 1.06 bits per heavy atom. The van der Waals surface area contributed by atoms with Crippen molar-refractivity contribution < 1.29 is 19.4 Å². The van der Waals surface area contributed by atoms with E-state index >= 15 is 0 Å². The molecule has 3 heterocycles. The summed E-state index contributed by atoms with van der Waals surface area (Å²) >= 11 is 0. The van der Waals surface area contributed by atoms with Crippen molar-refractivity contribution in [2.24, 2.45) is 0 Å². The van der Waals surface area contributed by atoms with Crippen LogP contribution in [0, 0.1) is 0 Å². The van der Waals surface area contributed by atoms with Crippen molar-refractivity contribution in [3.8, 4) is 0 Å². The van der Waals surface area contributed by atoms with Crippen LogP contribution in [-0.2, 0) is 17.7 Å². The largest absolute Gasteiger partial charge is 0.390 e. The highest BCUT2D eigenvalue weighted by Gasteiger charge is 2.43. The maximum atomic E-state index is 13.2. The zero-order valence-corrected chi connectivity index (χ0v) is 19.6. The van der Waals surface area contributed by atoms with Crippen LogP contribution in [0.25, 0.3) is 0 Å². The molecular weight excluding hydrogens is 430 g/mol. The highest BCUT2D eigenvalue weighted by Crippen LogP contribution is 2.37. The Kier molecular flexibility index (Phi) is 6.68. The van der Waals surface area contributed by atoms with E-state index in [1.54, 1.807) is 31.4 Å². The summed E-state index contributed by atoms with van der Waals surface area (Å²) in [5.41, 5.74) is 3.57. The Balaban J connectivity index is 1.15. The van der Waals surface area contributed by atoms with Gasteiger partial charge in [-0.25, -0.2) is 0 Å². The van der Waals surface area contributed by atoms with Gasteiger partial charge in [-0.3, -0.25) is 9.59 Å². The van der Waals surface area contributed by atoms with Crippen LogP contribution in [-0.4, -0.2) is 65.8 Å². The van der Waals surface area contributed by atoms with Gasteiger partial charge in [-0.15, -0.1) is 0 Å². The second-order valence-electron chi connectivity index (χ2n) is 9.74. The number of aliphatic hydroxyl groups is 1. The van der Waals surface area contributed by atoms with Crippen LogP contribution < -0.4 is 10.6 Å². The molecule has 2 aromatic rings. The molecule has 7 nitrogen and oxygen atoms in total. The lowest BCUT2D eigenvalue weighted by atomic mass is 9.93. The van der Waals surface area contributed by atoms with Gasteiger partial charge in [0.05, 0.1) is 12.2 Å². The number of methoxy groups -OCH3 is 1. The third kappa shape index (κ3) is 4.60. The molecule has 0 aliphatic carbocycles. The van der Waals surface area contributed by atoms with E-state index in [4.69, 9.17) is 4.74 Å². The molecule has 0 aromatic heterocycles. The number of benzene rings is 2. The maximum absolute atomic E-state index is 13.2. The molecule has 4 atom stereocenters. The average Bonchev–Trinajstić information content (AvgIpc) is 3.15. The number of nitrogens with one attached hydrogen (secondary N) is 2. The van der Waals surface area contributed by atoms with Crippen LogP contribution in [0.4, 0.5) is 0 Å². The Morgan fingerprint density at radius 3 is 2.38 bits per heavy atom. The second kappa shape index (κ2) is 9.86. The second-order valence-corrected chi connectivity index (χ2v) is 9.74. The van der Waals surface area contributed by atoms with E-state index in [0.717, 1.165) is 32.1 Å². The van der Waals surface area contributed by atoms with Crippen molar-refractivity contribution in [2.45, 2.75) is 69.0 Å². The molecule has 2 saturated heterocycles. The maximum Gasteiger partial charge on any atom is 0.254 e. The summed E-state index contributed by atoms with van der Waals surface area (Å²) in [5.74, 6) is -0.219. The number of nitrogens with zero attached hydrogens (tertiary/aromatic N) is 1. The van der Waals surface area contributed by atoms with Crippen molar-refractivity contribution in [1.82, 2.24) is 15.5 Å². The van der Waals surface area contributed by atoms with E-state index in [2.05, 4.69) is 22.8 Å². The standard InChI is InChI=1S/C27H33N3O4/c1-34-23-13-21-10-11-22(14-23)30(21)27(33)18-8-6-17(7-9-18)26(32)29-16-25(31)24-12-19-4-2-3-5-20(19)15-28-24/h2-9,21-25,28,31H,10-16H2,1H3,(H,29,32)/t21?,22?,23?,24-,25+/m0/s1. The minimum atomic E-state index is -0.691. The first-order valence-electron chi connectivity index (χ1n) is 12.3. The smallest absolute Gasteiger partial charge is 0.254 e. The van der Waals surface area contributed by atoms with Crippen LogP contribution in [0.2, 0.25) is 0 Å². The number of carbonyl (C=O) groups is 2. The van der Waals surface area contributed by atoms with Crippen LogP contribution in [0.5, 0.6) is 0 Å². The number of carbonyl (C=O) groups excluding carboxylic acids is 2. The molecule has 3 N–H and O–H groups in total. The molecule has 0 radical (unpaired) electrons. The molecule has 7 heteroatoms. The highest BCUT2D eigenvalue weighted by atomic mass is 16.5. The topological polar surface area (TPSA) is 90.9 Å². The molecule has 0 saturated carbocycles. The number of piperidine rings is 1. The van der Waals surface area contributed by atoms with Gasteiger partial charge in [0.25, 0.3) is 11.8 Å². The van der Waals surface area contributed by atoms with Gasteiger partial charge < -0.3 is 25.4 Å². The lowest BCUT2D eigenvalue weighted by Crippen LogP contribution is -2.49. The Labute approximate surface area is 200 Å². The van der Waals surface area contributed by atoms with Gasteiger partial charge in [0.1, 0.15) is 0 Å². The number of fused-ring (bicyclic) bond motifs is 3. The third-order valence-electron chi connectivity index (χ3n) is 7.70. The Bertz CT molecular complexity index is 1030. The van der Waals surface area contributed by atoms with Crippen LogP contribution in [0.15, 0.2) is 48.5 Å². The lowest BCUT2D eigenvalue weighted by Gasteiger charge is -2.38. The van der Waals surface area contributed by atoms with Gasteiger partial charge >= 0.3 is 0 Å². The van der Waals surface area contributed by atoms with E-state index < -0.39 is 6.10 Å². The number of hydrogen-bond acceptors (Lipinski definition) is 5. The molecule has 3 aliphatic rings. The number of aliphatic hydroxyl groups excluding tert-OH is 1. The van der Waals surface area contributed by atoms with E-state index in [9.17, 15) is 14.7 Å². The predicted molar refractivity (Wildman–Crippen MR) is 129 cm³/mol. The average molecular weight is 464 g/mol. The van der Waals surface area contributed by atoms with E-state index in [0.29, 0.717) is 17.7 Å². The van der Waals surface area contributed by atoms with Gasteiger partial charge in [-0.2, -0.15) is 0 Å². The fourth-order valence-electron chi connectivity index (χ4n) is 5.76. The van der Waals surface area contributed by atoms with Gasteiger partial charge in [-0.05, 0) is 67.5 Å². The molecule has 2 bridgehead atoms. The Morgan fingerprint density at radius 2 is 1.71 bits per heavy atom.